The summed E-state index contributed by atoms with van der Waals surface area (Å²) in [4.78, 5) is 18.4. The van der Waals surface area contributed by atoms with Crippen LogP contribution < -0.4 is 0 Å². The largest absolute Gasteiger partial charge is 0.416 e. The number of nitrogens with zero attached hydrogens (tertiary/aromatic N) is 3. The molecule has 0 saturated carbocycles. The van der Waals surface area contributed by atoms with Gasteiger partial charge in [-0.1, -0.05) is 18.2 Å². The summed E-state index contributed by atoms with van der Waals surface area (Å²) in [5, 5.41) is 0. The summed E-state index contributed by atoms with van der Waals surface area (Å²) in [6.45, 7) is 0.616. The van der Waals surface area contributed by atoms with Crippen LogP contribution in [0.25, 0.3) is 6.08 Å². The number of amides is 1. The van der Waals surface area contributed by atoms with E-state index in [1.165, 1.54) is 23.2 Å². The van der Waals surface area contributed by atoms with Gasteiger partial charge in [0.05, 0.1) is 11.1 Å². The lowest BCUT2D eigenvalue weighted by Crippen LogP contribution is -2.37. The van der Waals surface area contributed by atoms with Crippen molar-refractivity contribution < 1.29 is 35.5 Å². The molecular weight excluding hydrogens is 503 g/mol. The minimum Gasteiger partial charge on any atom is -0.339 e. The third-order valence-electron chi connectivity index (χ3n) is 6.31. The van der Waals surface area contributed by atoms with Crippen LogP contribution in [-0.4, -0.2) is 33.4 Å². The Morgan fingerprint density at radius 2 is 1.70 bits per heavy atom. The summed E-state index contributed by atoms with van der Waals surface area (Å²) in [6, 6.07) is 7.32. The number of benzene rings is 2. The zero-order valence-electron chi connectivity index (χ0n) is 19.4. The molecule has 0 atom stereocenters. The average Bonchev–Trinajstić information content (AvgIpc) is 3.30. The highest BCUT2D eigenvalue weighted by Gasteiger charge is 2.34. The van der Waals surface area contributed by atoms with Crippen molar-refractivity contribution in [2.24, 2.45) is 0 Å². The highest BCUT2D eigenvalue weighted by Crippen LogP contribution is 2.34. The molecule has 0 N–H and O–H groups in total. The van der Waals surface area contributed by atoms with Crippen molar-refractivity contribution in [3.63, 3.8) is 0 Å². The molecule has 1 amide bonds. The van der Waals surface area contributed by atoms with Crippen molar-refractivity contribution in [1.29, 1.82) is 0 Å². The molecule has 0 bridgehead atoms. The zero-order valence-corrected chi connectivity index (χ0v) is 19.4. The fourth-order valence-electron chi connectivity index (χ4n) is 4.40. The van der Waals surface area contributed by atoms with E-state index in [4.69, 9.17) is 0 Å². The molecule has 4 rings (SSSR count). The summed E-state index contributed by atoms with van der Waals surface area (Å²) in [5.41, 5.74) is -1.96. The maximum Gasteiger partial charge on any atom is 0.416 e. The smallest absolute Gasteiger partial charge is 0.339 e. The Morgan fingerprint density at radius 1 is 1.00 bits per heavy atom. The molecule has 1 aliphatic heterocycles. The fraction of sp³-hybridized carbons (Fsp3) is 0.308. The fourth-order valence-corrected chi connectivity index (χ4v) is 4.40. The van der Waals surface area contributed by atoms with Crippen molar-refractivity contribution in [3.05, 3.63) is 94.8 Å². The van der Waals surface area contributed by atoms with E-state index in [-0.39, 0.29) is 23.6 Å². The van der Waals surface area contributed by atoms with E-state index in [9.17, 15) is 35.5 Å². The van der Waals surface area contributed by atoms with Crippen LogP contribution >= 0.6 is 0 Å². The third kappa shape index (κ3) is 6.20. The summed E-state index contributed by atoms with van der Waals surface area (Å²) in [5.74, 6) is -0.833. The number of rotatable bonds is 5. The van der Waals surface area contributed by atoms with Crippen LogP contribution in [0.15, 0.2) is 60.9 Å². The molecule has 3 aromatic rings. The van der Waals surface area contributed by atoms with Crippen LogP contribution in [0.1, 0.15) is 46.8 Å². The number of imidazole rings is 1. The van der Waals surface area contributed by atoms with E-state index in [0.717, 1.165) is 18.2 Å². The highest BCUT2D eigenvalue weighted by molar-refractivity contribution is 5.91. The molecule has 1 aromatic heterocycles. The Kier molecular flexibility index (Phi) is 7.42. The van der Waals surface area contributed by atoms with Gasteiger partial charge in [0.25, 0.3) is 0 Å². The van der Waals surface area contributed by atoms with Crippen LogP contribution in [0.2, 0.25) is 0 Å². The Labute approximate surface area is 208 Å². The summed E-state index contributed by atoms with van der Waals surface area (Å²) in [7, 11) is 0. The number of piperidine rings is 1. The first kappa shape index (κ1) is 26.4. The zero-order chi connectivity index (χ0) is 26.8. The second-order valence-corrected chi connectivity index (χ2v) is 8.74. The molecule has 1 aliphatic rings. The molecule has 1 fully saturated rings. The van der Waals surface area contributed by atoms with Crippen molar-refractivity contribution in [2.45, 2.75) is 37.7 Å². The Morgan fingerprint density at radius 3 is 2.38 bits per heavy atom. The predicted octanol–water partition coefficient (Wildman–Crippen LogP) is 6.53. The molecule has 11 heteroatoms. The van der Waals surface area contributed by atoms with Crippen LogP contribution in [0, 0.1) is 5.82 Å². The predicted molar refractivity (Wildman–Crippen MR) is 122 cm³/mol. The second kappa shape index (κ2) is 10.4. The van der Waals surface area contributed by atoms with Gasteiger partial charge in [-0.25, -0.2) is 9.37 Å². The highest BCUT2D eigenvalue weighted by atomic mass is 19.4. The summed E-state index contributed by atoms with van der Waals surface area (Å²) >= 11 is 0. The first-order chi connectivity index (χ1) is 17.4. The van der Waals surface area contributed by atoms with E-state index in [0.29, 0.717) is 50.0 Å². The number of hydrogen-bond donors (Lipinski definition) is 0. The minimum atomic E-state index is -4.64. The molecule has 2 aromatic carbocycles. The molecule has 0 unspecified atom stereocenters. The van der Waals surface area contributed by atoms with Crippen LogP contribution in [0.4, 0.5) is 30.7 Å². The third-order valence-corrected chi connectivity index (χ3v) is 6.31. The van der Waals surface area contributed by atoms with Gasteiger partial charge in [0.2, 0.25) is 5.91 Å². The van der Waals surface area contributed by atoms with Crippen molar-refractivity contribution >= 4 is 12.0 Å². The van der Waals surface area contributed by atoms with E-state index in [1.54, 1.807) is 16.8 Å². The molecular formula is C26H22F7N3O. The summed E-state index contributed by atoms with van der Waals surface area (Å²) in [6.07, 6.45) is -2.93. The summed E-state index contributed by atoms with van der Waals surface area (Å²) < 4.78 is 94.4. The molecule has 37 heavy (non-hydrogen) atoms. The molecule has 0 aliphatic carbocycles. The minimum absolute atomic E-state index is 0.00451. The SMILES string of the molecule is O=C(C=Cc1cc(C(F)(F)F)ccc1F)N1CCC(c2nccn2Cc2ccccc2C(F)(F)F)CC1. The topological polar surface area (TPSA) is 38.1 Å². The van der Waals surface area contributed by atoms with E-state index >= 15 is 0 Å². The van der Waals surface area contributed by atoms with Crippen molar-refractivity contribution in [1.82, 2.24) is 14.5 Å². The van der Waals surface area contributed by atoms with Gasteiger partial charge in [-0.05, 0) is 48.7 Å². The first-order valence-electron chi connectivity index (χ1n) is 11.4. The van der Waals surface area contributed by atoms with Gasteiger partial charge in [-0.3, -0.25) is 4.79 Å². The molecule has 196 valence electrons. The standard InChI is InChI=1S/C26H22F7N3O/c27-22-7-6-20(25(28,29)30)15-18(22)5-8-23(37)35-12-9-17(10-13-35)24-34-11-14-36(24)16-19-3-1-2-4-21(19)26(31,32)33/h1-8,11,14-15,17H,9-10,12-13,16H2. The molecule has 1 saturated heterocycles. The second-order valence-electron chi connectivity index (χ2n) is 8.74. The molecule has 0 spiro atoms. The van der Waals surface area contributed by atoms with Crippen molar-refractivity contribution in [3.8, 4) is 0 Å². The van der Waals surface area contributed by atoms with Gasteiger partial charge in [0, 0.05) is 49.6 Å². The van der Waals surface area contributed by atoms with Gasteiger partial charge in [-0.15, -0.1) is 0 Å². The van der Waals surface area contributed by atoms with Crippen LogP contribution in [0.3, 0.4) is 0 Å². The lowest BCUT2D eigenvalue weighted by Gasteiger charge is -2.31. The van der Waals surface area contributed by atoms with Crippen LogP contribution in [0.5, 0.6) is 0 Å². The van der Waals surface area contributed by atoms with Gasteiger partial charge < -0.3 is 9.47 Å². The quantitative estimate of drug-likeness (QED) is 0.281. The van der Waals surface area contributed by atoms with Crippen molar-refractivity contribution in [2.75, 3.05) is 13.1 Å². The van der Waals surface area contributed by atoms with Crippen LogP contribution in [-0.2, 0) is 23.7 Å². The van der Waals surface area contributed by atoms with Gasteiger partial charge >= 0.3 is 12.4 Å². The van der Waals surface area contributed by atoms with E-state index < -0.39 is 35.2 Å². The first-order valence-corrected chi connectivity index (χ1v) is 11.4. The van der Waals surface area contributed by atoms with E-state index in [2.05, 4.69) is 4.98 Å². The lowest BCUT2D eigenvalue weighted by molar-refractivity contribution is -0.138. The number of carbonyl (C=O) groups excluding carboxylic acids is 1. The van der Waals surface area contributed by atoms with Gasteiger partial charge in [0.15, 0.2) is 0 Å². The van der Waals surface area contributed by atoms with Gasteiger partial charge in [0.1, 0.15) is 11.6 Å². The molecule has 4 nitrogen and oxygen atoms in total. The number of carbonyl (C=O) groups is 1. The normalized spacial score (nSPS) is 15.5. The number of hydrogen-bond acceptors (Lipinski definition) is 2. The number of aromatic nitrogens is 2. The maximum atomic E-state index is 13.9. The number of halogens is 7. The monoisotopic (exact) mass is 525 g/mol. The average molecular weight is 525 g/mol. The van der Waals surface area contributed by atoms with Gasteiger partial charge in [-0.2, -0.15) is 26.3 Å². The Balaban J connectivity index is 1.40. The Bertz CT molecular complexity index is 1290. The number of alkyl halides is 6. The maximum absolute atomic E-state index is 13.9. The number of likely N-dealkylation sites (tertiary alicyclic amines) is 1. The molecule has 2 heterocycles. The Hall–Kier alpha value is -3.63. The molecule has 0 radical (unpaired) electrons. The van der Waals surface area contributed by atoms with E-state index in [1.807, 2.05) is 0 Å². The lowest BCUT2D eigenvalue weighted by atomic mass is 9.95.